The van der Waals surface area contributed by atoms with E-state index in [9.17, 15) is 14.7 Å². The summed E-state index contributed by atoms with van der Waals surface area (Å²) in [6.45, 7) is 2.65. The molecule has 2 aromatic rings. The number of carbonyl (C=O) groups is 2. The first-order chi connectivity index (χ1) is 16.0. The lowest BCUT2D eigenvalue weighted by Crippen LogP contribution is -2.36. The fourth-order valence-corrected chi connectivity index (χ4v) is 4.50. The van der Waals surface area contributed by atoms with Crippen LogP contribution < -0.4 is 10.1 Å². The Morgan fingerprint density at radius 1 is 1.24 bits per heavy atom. The molecule has 2 aliphatic heterocycles. The highest BCUT2D eigenvalue weighted by molar-refractivity contribution is 5.78. The fraction of sp³-hybridized carbons (Fsp3) is 0.500. The van der Waals surface area contributed by atoms with Crippen molar-refractivity contribution in [3.05, 3.63) is 47.3 Å². The summed E-state index contributed by atoms with van der Waals surface area (Å²) < 4.78 is 5.09. The Morgan fingerprint density at radius 3 is 2.88 bits per heavy atom. The summed E-state index contributed by atoms with van der Waals surface area (Å²) >= 11 is 0. The molecule has 0 saturated carbocycles. The third-order valence-corrected chi connectivity index (χ3v) is 6.29. The number of carboxylic acids is 1. The van der Waals surface area contributed by atoms with Crippen molar-refractivity contribution < 1.29 is 19.4 Å². The highest BCUT2D eigenvalue weighted by Gasteiger charge is 2.35. The molecular formula is C24H31N5O4. The van der Waals surface area contributed by atoms with Gasteiger partial charge in [-0.05, 0) is 49.3 Å². The number of nitrogens with zero attached hydrogens (tertiary/aromatic N) is 4. The molecule has 2 aromatic heterocycles. The van der Waals surface area contributed by atoms with Crippen LogP contribution in [0, 0.1) is 0 Å². The van der Waals surface area contributed by atoms with Crippen LogP contribution in [0.1, 0.15) is 48.5 Å². The van der Waals surface area contributed by atoms with Crippen LogP contribution in [0.25, 0.3) is 0 Å². The van der Waals surface area contributed by atoms with Crippen molar-refractivity contribution in [1.82, 2.24) is 19.8 Å². The molecule has 1 saturated heterocycles. The number of pyridine rings is 2. The Hall–Kier alpha value is -3.36. The first-order valence-corrected chi connectivity index (χ1v) is 11.5. The van der Waals surface area contributed by atoms with Crippen molar-refractivity contribution in [2.75, 3.05) is 38.6 Å². The lowest BCUT2D eigenvalue weighted by Gasteiger charge is -2.27. The zero-order chi connectivity index (χ0) is 23.2. The molecule has 2 aliphatic rings. The Balaban J connectivity index is 1.36. The van der Waals surface area contributed by atoms with E-state index in [1.165, 1.54) is 19.1 Å². The minimum absolute atomic E-state index is 0.131. The summed E-state index contributed by atoms with van der Waals surface area (Å²) in [5.41, 5.74) is 2.99. The highest BCUT2D eigenvalue weighted by atomic mass is 16.5. The average Bonchev–Trinajstić information content (AvgIpc) is 3.02. The molecule has 0 bridgehead atoms. The highest BCUT2D eigenvalue weighted by Crippen LogP contribution is 2.29. The predicted molar refractivity (Wildman–Crippen MR) is 123 cm³/mol. The van der Waals surface area contributed by atoms with Gasteiger partial charge in [0.2, 0.25) is 5.88 Å². The van der Waals surface area contributed by atoms with Crippen LogP contribution in [0.4, 0.5) is 10.6 Å². The van der Waals surface area contributed by atoms with Gasteiger partial charge in [0.15, 0.2) is 0 Å². The molecular weight excluding hydrogens is 422 g/mol. The quantitative estimate of drug-likeness (QED) is 0.601. The minimum Gasteiger partial charge on any atom is -0.481 e. The molecule has 0 aliphatic carbocycles. The molecule has 33 heavy (non-hydrogen) atoms. The monoisotopic (exact) mass is 453 g/mol. The van der Waals surface area contributed by atoms with Gasteiger partial charge in [-0.3, -0.25) is 4.79 Å². The number of anilines is 1. The minimum atomic E-state index is -0.954. The molecule has 1 atom stereocenters. The van der Waals surface area contributed by atoms with Gasteiger partial charge >= 0.3 is 12.0 Å². The molecule has 9 nitrogen and oxygen atoms in total. The third kappa shape index (κ3) is 5.53. The van der Waals surface area contributed by atoms with Crippen LogP contribution in [-0.4, -0.2) is 70.2 Å². The van der Waals surface area contributed by atoms with Gasteiger partial charge in [-0.2, -0.15) is 0 Å². The molecule has 0 unspecified atom stereocenters. The molecule has 176 valence electrons. The van der Waals surface area contributed by atoms with Crippen molar-refractivity contribution in [1.29, 1.82) is 0 Å². The zero-order valence-electron chi connectivity index (χ0n) is 19.0. The van der Waals surface area contributed by atoms with E-state index in [-0.39, 0.29) is 12.5 Å². The number of rotatable bonds is 9. The predicted octanol–water partition coefficient (Wildman–Crippen LogP) is 3.12. The second-order valence-electron chi connectivity index (χ2n) is 8.51. The Kier molecular flexibility index (Phi) is 7.26. The number of amides is 2. The second-order valence-corrected chi connectivity index (χ2v) is 8.51. The third-order valence-electron chi connectivity index (χ3n) is 6.29. The largest absolute Gasteiger partial charge is 0.481 e. The van der Waals surface area contributed by atoms with Crippen molar-refractivity contribution in [3.63, 3.8) is 0 Å². The molecule has 4 rings (SSSR count). The normalized spacial score (nSPS) is 16.7. The van der Waals surface area contributed by atoms with E-state index in [1.807, 2.05) is 0 Å². The number of carboxylic acid groups (broad SMARTS) is 1. The number of hydrogen-bond acceptors (Lipinski definition) is 6. The number of hydrogen-bond donors (Lipinski definition) is 2. The van der Waals surface area contributed by atoms with Crippen LogP contribution in [0.15, 0.2) is 30.5 Å². The van der Waals surface area contributed by atoms with Gasteiger partial charge in [0.1, 0.15) is 5.82 Å². The number of ether oxygens (including phenoxy) is 1. The summed E-state index contributed by atoms with van der Waals surface area (Å²) in [4.78, 5) is 37.0. The number of fused-ring (bicyclic) bond motifs is 1. The van der Waals surface area contributed by atoms with E-state index < -0.39 is 12.0 Å². The van der Waals surface area contributed by atoms with Gasteiger partial charge < -0.3 is 25.0 Å². The number of methoxy groups -OCH3 is 1. The van der Waals surface area contributed by atoms with Gasteiger partial charge in [0, 0.05) is 44.1 Å². The van der Waals surface area contributed by atoms with Gasteiger partial charge in [-0.1, -0.05) is 12.1 Å². The molecule has 9 heteroatoms. The first-order valence-electron chi connectivity index (χ1n) is 11.5. The van der Waals surface area contributed by atoms with Crippen molar-refractivity contribution >= 4 is 17.8 Å². The molecule has 0 aromatic carbocycles. The van der Waals surface area contributed by atoms with Crippen molar-refractivity contribution in [2.45, 2.75) is 44.6 Å². The summed E-state index contributed by atoms with van der Waals surface area (Å²) in [6.07, 6.45) is 6.42. The molecule has 0 radical (unpaired) electrons. The van der Waals surface area contributed by atoms with Crippen molar-refractivity contribution in [3.8, 4) is 5.88 Å². The molecule has 4 heterocycles. The van der Waals surface area contributed by atoms with Crippen LogP contribution >= 0.6 is 0 Å². The van der Waals surface area contributed by atoms with Gasteiger partial charge in [0.05, 0.1) is 19.6 Å². The fourth-order valence-electron chi connectivity index (χ4n) is 4.50. The Labute approximate surface area is 193 Å². The first kappa shape index (κ1) is 22.8. The van der Waals surface area contributed by atoms with Crippen molar-refractivity contribution in [2.24, 2.45) is 0 Å². The van der Waals surface area contributed by atoms with Crippen LogP contribution in [-0.2, 0) is 17.6 Å². The number of nitrogens with one attached hydrogen (secondary N) is 1. The summed E-state index contributed by atoms with van der Waals surface area (Å²) in [5, 5.41) is 12.8. The number of carbonyl (C=O) groups excluding carboxylic acids is 1. The van der Waals surface area contributed by atoms with E-state index in [0.29, 0.717) is 31.1 Å². The maximum absolute atomic E-state index is 13.1. The molecule has 0 spiro atoms. The number of aryl methyl sites for hydroxylation is 2. The molecule has 2 amide bonds. The summed E-state index contributed by atoms with van der Waals surface area (Å²) in [7, 11) is 1.52. The number of aromatic nitrogens is 2. The smallest absolute Gasteiger partial charge is 0.320 e. The average molecular weight is 454 g/mol. The van der Waals surface area contributed by atoms with Gasteiger partial charge in [-0.25, -0.2) is 14.8 Å². The Morgan fingerprint density at radius 2 is 2.12 bits per heavy atom. The topological polar surface area (TPSA) is 108 Å². The van der Waals surface area contributed by atoms with Gasteiger partial charge in [-0.15, -0.1) is 0 Å². The lowest BCUT2D eigenvalue weighted by molar-refractivity contribution is -0.138. The molecule has 2 N–H and O–H groups in total. The summed E-state index contributed by atoms with van der Waals surface area (Å²) in [5.74, 6) is 0.492. The second kappa shape index (κ2) is 10.5. The zero-order valence-corrected chi connectivity index (χ0v) is 19.0. The van der Waals surface area contributed by atoms with E-state index in [0.717, 1.165) is 43.7 Å². The van der Waals surface area contributed by atoms with Crippen LogP contribution in [0.5, 0.6) is 5.88 Å². The Bertz CT molecular complexity index is 981. The number of urea groups is 1. The van der Waals surface area contributed by atoms with Gasteiger partial charge in [0.25, 0.3) is 0 Å². The number of aliphatic carboxylic acids is 1. The van der Waals surface area contributed by atoms with E-state index >= 15 is 0 Å². The van der Waals surface area contributed by atoms with E-state index in [2.05, 4.69) is 22.4 Å². The van der Waals surface area contributed by atoms with Crippen LogP contribution in [0.2, 0.25) is 0 Å². The maximum Gasteiger partial charge on any atom is 0.320 e. The lowest BCUT2D eigenvalue weighted by atomic mass is 10.0. The summed E-state index contributed by atoms with van der Waals surface area (Å²) in [6, 6.07) is 7.02. The molecule has 1 fully saturated rings. The van der Waals surface area contributed by atoms with Crippen LogP contribution in [0.3, 0.4) is 0 Å². The van der Waals surface area contributed by atoms with E-state index in [1.54, 1.807) is 28.1 Å². The van der Waals surface area contributed by atoms with E-state index in [4.69, 9.17) is 9.72 Å². The SMILES string of the molecule is COc1ccc([C@H](CC(=O)O)N2CCN(CCCc3ccc4c(n3)NCCCC4)C2=O)cn1. The maximum atomic E-state index is 13.1. The standard InChI is InChI=1S/C24H31N5O4/c1-33-21-10-8-18(16-26-21)20(15-22(30)31)29-14-13-28(24(29)32)12-4-6-19-9-7-17-5-2-3-11-25-23(17)27-19/h7-10,16,20H,2-6,11-15H2,1H3,(H,25,27)(H,30,31)/t20-/m0/s1.